The van der Waals surface area contributed by atoms with Crippen molar-refractivity contribution >= 4 is 37.9 Å². The number of primary sulfonamides is 1. The Bertz CT molecular complexity index is 1290. The molecule has 0 aliphatic heterocycles. The van der Waals surface area contributed by atoms with Gasteiger partial charge in [-0.25, -0.2) is 18.5 Å². The maximum absolute atomic E-state index is 12.5. The van der Waals surface area contributed by atoms with Crippen LogP contribution in [0.4, 0.5) is 5.69 Å². The van der Waals surface area contributed by atoms with Crippen molar-refractivity contribution in [3.63, 3.8) is 0 Å². The second-order valence-corrected chi connectivity index (χ2v) is 8.66. The highest BCUT2D eigenvalue weighted by atomic mass is 32.2. The molecule has 0 unspecified atom stereocenters. The lowest BCUT2D eigenvalue weighted by Crippen LogP contribution is -2.14. The molecule has 0 radical (unpaired) electrons. The molecule has 4 aromatic rings. The lowest BCUT2D eigenvalue weighted by Gasteiger charge is -2.07. The first kappa shape index (κ1) is 18.4. The van der Waals surface area contributed by atoms with E-state index in [1.54, 1.807) is 17.4 Å². The van der Waals surface area contributed by atoms with Crippen LogP contribution >= 0.6 is 11.3 Å². The van der Waals surface area contributed by atoms with Crippen molar-refractivity contribution in [2.75, 3.05) is 5.32 Å². The van der Waals surface area contributed by atoms with Crippen LogP contribution in [0.3, 0.4) is 0 Å². The topological polar surface area (TPSA) is 107 Å². The van der Waals surface area contributed by atoms with Crippen LogP contribution in [-0.4, -0.2) is 23.7 Å². The number of nitrogens with two attached hydrogens (primary N) is 1. The lowest BCUT2D eigenvalue weighted by molar-refractivity contribution is 0.102. The van der Waals surface area contributed by atoms with Crippen molar-refractivity contribution in [1.29, 1.82) is 0 Å². The number of hydrogen-bond donors (Lipinski definition) is 2. The van der Waals surface area contributed by atoms with Crippen molar-refractivity contribution in [3.05, 3.63) is 71.4 Å². The van der Waals surface area contributed by atoms with Crippen LogP contribution in [0, 0.1) is 6.92 Å². The third kappa shape index (κ3) is 3.55. The van der Waals surface area contributed by atoms with Gasteiger partial charge in [-0.05, 0) is 43.3 Å². The number of fused-ring (bicyclic) bond motifs is 1. The monoisotopic (exact) mass is 412 g/mol. The molecule has 142 valence electrons. The van der Waals surface area contributed by atoms with Crippen molar-refractivity contribution in [2.45, 2.75) is 11.8 Å². The zero-order valence-electron chi connectivity index (χ0n) is 14.8. The van der Waals surface area contributed by atoms with Crippen LogP contribution in [0.1, 0.15) is 16.1 Å². The Morgan fingerprint density at radius 2 is 1.93 bits per heavy atom. The molecule has 1 amide bonds. The summed E-state index contributed by atoms with van der Waals surface area (Å²) in [5.74, 6) is -0.347. The van der Waals surface area contributed by atoms with E-state index in [1.165, 1.54) is 24.3 Å². The van der Waals surface area contributed by atoms with E-state index < -0.39 is 10.0 Å². The molecule has 0 aliphatic rings. The van der Waals surface area contributed by atoms with E-state index in [1.807, 2.05) is 41.1 Å². The number of aromatic nitrogens is 2. The van der Waals surface area contributed by atoms with Gasteiger partial charge >= 0.3 is 0 Å². The Balaban J connectivity index is 1.56. The number of anilines is 1. The van der Waals surface area contributed by atoms with Gasteiger partial charge in [-0.2, -0.15) is 0 Å². The van der Waals surface area contributed by atoms with Gasteiger partial charge in [-0.1, -0.05) is 12.1 Å². The first-order valence-corrected chi connectivity index (χ1v) is 10.7. The zero-order valence-corrected chi connectivity index (χ0v) is 16.4. The smallest absolute Gasteiger partial charge is 0.255 e. The van der Waals surface area contributed by atoms with E-state index in [-0.39, 0.29) is 10.8 Å². The van der Waals surface area contributed by atoms with Gasteiger partial charge in [0.1, 0.15) is 0 Å². The number of nitrogens with zero attached hydrogens (tertiary/aromatic N) is 2. The van der Waals surface area contributed by atoms with Gasteiger partial charge in [-0.15, -0.1) is 11.3 Å². The molecule has 0 saturated carbocycles. The fourth-order valence-corrected chi connectivity index (χ4v) is 4.15. The molecule has 0 saturated heterocycles. The van der Waals surface area contributed by atoms with Crippen molar-refractivity contribution < 1.29 is 13.2 Å². The number of carbonyl (C=O) groups is 1. The summed E-state index contributed by atoms with van der Waals surface area (Å²) in [7, 11) is -3.79. The Morgan fingerprint density at radius 3 is 2.61 bits per heavy atom. The van der Waals surface area contributed by atoms with Crippen LogP contribution in [0.25, 0.3) is 16.2 Å². The van der Waals surface area contributed by atoms with E-state index in [4.69, 9.17) is 5.14 Å². The van der Waals surface area contributed by atoms with Crippen LogP contribution in [0.5, 0.6) is 0 Å². The number of aryl methyl sites for hydroxylation is 1. The summed E-state index contributed by atoms with van der Waals surface area (Å²) in [4.78, 5) is 17.9. The standard InChI is InChI=1S/C19H16N4O3S2/c1-12-11-27-19-22-17(10-23(12)19)14-3-2-4-15(9-14)21-18(24)13-5-7-16(8-6-13)28(20,25)26/h2-11H,1H3,(H,21,24)(H2,20,25,26). The van der Waals surface area contributed by atoms with E-state index in [9.17, 15) is 13.2 Å². The fraction of sp³-hybridized carbons (Fsp3) is 0.0526. The maximum Gasteiger partial charge on any atom is 0.255 e. The highest BCUT2D eigenvalue weighted by Gasteiger charge is 2.12. The Labute approximate surface area is 165 Å². The first-order chi connectivity index (χ1) is 13.3. The summed E-state index contributed by atoms with van der Waals surface area (Å²) in [5, 5.41) is 9.93. The SMILES string of the molecule is Cc1csc2nc(-c3cccc(NC(=O)c4ccc(S(N)(=O)=O)cc4)c3)cn12. The van der Waals surface area contributed by atoms with E-state index in [0.29, 0.717) is 11.3 Å². The van der Waals surface area contributed by atoms with Gasteiger partial charge < -0.3 is 5.32 Å². The molecule has 2 heterocycles. The van der Waals surface area contributed by atoms with Crippen LogP contribution in [0.15, 0.2) is 65.0 Å². The zero-order chi connectivity index (χ0) is 19.9. The summed E-state index contributed by atoms with van der Waals surface area (Å²) >= 11 is 1.57. The first-order valence-electron chi connectivity index (χ1n) is 8.29. The summed E-state index contributed by atoms with van der Waals surface area (Å²) in [5.41, 5.74) is 3.77. The number of amides is 1. The number of sulfonamides is 1. The summed E-state index contributed by atoms with van der Waals surface area (Å²) in [6, 6.07) is 12.9. The van der Waals surface area contributed by atoms with Crippen molar-refractivity contribution in [2.24, 2.45) is 5.14 Å². The Morgan fingerprint density at radius 1 is 1.18 bits per heavy atom. The molecule has 2 aromatic carbocycles. The molecule has 0 fully saturated rings. The van der Waals surface area contributed by atoms with Crippen LogP contribution < -0.4 is 10.5 Å². The number of thiazole rings is 1. The van der Waals surface area contributed by atoms with Crippen LogP contribution in [0.2, 0.25) is 0 Å². The normalized spacial score (nSPS) is 11.6. The number of rotatable bonds is 4. The quantitative estimate of drug-likeness (QED) is 0.536. The third-order valence-corrected chi connectivity index (χ3v) is 6.14. The van der Waals surface area contributed by atoms with Gasteiger partial charge in [-0.3, -0.25) is 9.20 Å². The van der Waals surface area contributed by atoms with Gasteiger partial charge in [0.15, 0.2) is 4.96 Å². The highest BCUT2D eigenvalue weighted by molar-refractivity contribution is 7.89. The predicted octanol–water partition coefficient (Wildman–Crippen LogP) is 3.27. The minimum atomic E-state index is -3.79. The minimum absolute atomic E-state index is 0.0407. The molecule has 3 N–H and O–H groups in total. The average Bonchev–Trinajstić information content (AvgIpc) is 3.24. The molecule has 28 heavy (non-hydrogen) atoms. The molecule has 0 atom stereocenters. The maximum atomic E-state index is 12.5. The summed E-state index contributed by atoms with van der Waals surface area (Å²) < 4.78 is 24.7. The van der Waals surface area contributed by atoms with E-state index >= 15 is 0 Å². The molecular formula is C19H16N4O3S2. The molecular weight excluding hydrogens is 396 g/mol. The number of hydrogen-bond acceptors (Lipinski definition) is 5. The molecule has 9 heteroatoms. The molecule has 7 nitrogen and oxygen atoms in total. The van der Waals surface area contributed by atoms with Gasteiger partial charge in [0.25, 0.3) is 5.91 Å². The predicted molar refractivity (Wildman–Crippen MR) is 109 cm³/mol. The Kier molecular flexibility index (Phi) is 4.50. The average molecular weight is 412 g/mol. The Hall–Kier alpha value is -3.01. The van der Waals surface area contributed by atoms with E-state index in [0.717, 1.165) is 21.9 Å². The number of carbonyl (C=O) groups excluding carboxylic acids is 1. The third-order valence-electron chi connectivity index (χ3n) is 4.25. The second kappa shape index (κ2) is 6.86. The van der Waals surface area contributed by atoms with Gasteiger partial charge in [0.05, 0.1) is 10.6 Å². The number of nitrogens with one attached hydrogen (secondary N) is 1. The lowest BCUT2D eigenvalue weighted by atomic mass is 10.1. The van der Waals surface area contributed by atoms with Gasteiger partial charge in [0.2, 0.25) is 10.0 Å². The number of benzene rings is 2. The van der Waals surface area contributed by atoms with Crippen molar-refractivity contribution in [3.8, 4) is 11.3 Å². The fourth-order valence-electron chi connectivity index (χ4n) is 2.79. The highest BCUT2D eigenvalue weighted by Crippen LogP contribution is 2.25. The largest absolute Gasteiger partial charge is 0.322 e. The minimum Gasteiger partial charge on any atom is -0.322 e. The van der Waals surface area contributed by atoms with Crippen LogP contribution in [-0.2, 0) is 10.0 Å². The van der Waals surface area contributed by atoms with Gasteiger partial charge in [0, 0.05) is 34.1 Å². The summed E-state index contributed by atoms with van der Waals surface area (Å²) in [6.45, 7) is 2.02. The number of imidazole rings is 1. The molecule has 0 spiro atoms. The second-order valence-electron chi connectivity index (χ2n) is 6.26. The van der Waals surface area contributed by atoms with E-state index in [2.05, 4.69) is 10.3 Å². The molecule has 4 rings (SSSR count). The molecule has 0 bridgehead atoms. The summed E-state index contributed by atoms with van der Waals surface area (Å²) in [6.07, 6.45) is 1.97. The van der Waals surface area contributed by atoms with Crippen molar-refractivity contribution in [1.82, 2.24) is 9.38 Å². The molecule has 2 aromatic heterocycles. The molecule has 0 aliphatic carbocycles.